The molecule has 0 saturated carbocycles. The van der Waals surface area contributed by atoms with E-state index in [0.717, 1.165) is 25.7 Å². The highest BCUT2D eigenvalue weighted by Crippen LogP contribution is 2.24. The normalized spacial score (nSPS) is 16.5. The molecule has 1 N–H and O–H groups in total. The lowest BCUT2D eigenvalue weighted by atomic mass is 10.1. The van der Waals surface area contributed by atoms with Crippen molar-refractivity contribution in [3.8, 4) is 0 Å². The molecule has 1 aliphatic heterocycles. The van der Waals surface area contributed by atoms with Crippen LogP contribution in [0.4, 0.5) is 0 Å². The van der Waals surface area contributed by atoms with Crippen molar-refractivity contribution in [1.29, 1.82) is 0 Å². The van der Waals surface area contributed by atoms with Gasteiger partial charge in [-0.05, 0) is 43.9 Å². The molecule has 1 fully saturated rings. The summed E-state index contributed by atoms with van der Waals surface area (Å²) < 4.78 is 27.1. The minimum Gasteiger partial charge on any atom is -0.352 e. The largest absolute Gasteiger partial charge is 0.352 e. The topological polar surface area (TPSA) is 66.5 Å². The molecule has 0 aliphatic carbocycles. The molecular weight excluding hydrogens is 300 g/mol. The molecule has 6 heteroatoms. The number of hydrogen-bond donors (Lipinski definition) is 1. The first-order chi connectivity index (χ1) is 10.5. The SMILES string of the molecule is CCCNC(=O)c1ccc(C)c(S(=O)(=O)N2CCCCC2)c1. The van der Waals surface area contributed by atoms with Crippen LogP contribution in [-0.4, -0.2) is 38.3 Å². The minimum atomic E-state index is -3.52. The molecule has 22 heavy (non-hydrogen) atoms. The Morgan fingerprint density at radius 1 is 1.23 bits per heavy atom. The Hall–Kier alpha value is -1.40. The lowest BCUT2D eigenvalue weighted by Gasteiger charge is -2.26. The Balaban J connectivity index is 2.31. The van der Waals surface area contributed by atoms with Gasteiger partial charge in [0, 0.05) is 25.2 Å². The maximum atomic E-state index is 12.8. The molecule has 1 aromatic carbocycles. The van der Waals surface area contributed by atoms with Gasteiger partial charge in [0.2, 0.25) is 10.0 Å². The number of rotatable bonds is 5. The van der Waals surface area contributed by atoms with Crippen molar-refractivity contribution >= 4 is 15.9 Å². The number of sulfonamides is 1. The zero-order valence-corrected chi connectivity index (χ0v) is 14.1. The summed E-state index contributed by atoms with van der Waals surface area (Å²) in [7, 11) is -3.52. The molecule has 1 saturated heterocycles. The molecule has 1 aromatic rings. The molecule has 0 radical (unpaired) electrons. The van der Waals surface area contributed by atoms with Crippen LogP contribution in [0.2, 0.25) is 0 Å². The molecule has 1 aliphatic rings. The standard InChI is InChI=1S/C16H24N2O3S/c1-3-9-17-16(19)14-8-7-13(2)15(12-14)22(20,21)18-10-5-4-6-11-18/h7-8,12H,3-6,9-11H2,1-2H3,(H,17,19). The first kappa shape index (κ1) is 17.0. The van der Waals surface area contributed by atoms with Crippen molar-refractivity contribution in [2.75, 3.05) is 19.6 Å². The van der Waals surface area contributed by atoms with Crippen LogP contribution in [-0.2, 0) is 10.0 Å². The summed E-state index contributed by atoms with van der Waals surface area (Å²) in [6.07, 6.45) is 3.71. The van der Waals surface area contributed by atoms with E-state index in [1.54, 1.807) is 19.1 Å². The minimum absolute atomic E-state index is 0.225. The van der Waals surface area contributed by atoms with E-state index in [2.05, 4.69) is 5.32 Å². The van der Waals surface area contributed by atoms with Crippen LogP contribution in [0.5, 0.6) is 0 Å². The van der Waals surface area contributed by atoms with E-state index >= 15 is 0 Å². The lowest BCUT2D eigenvalue weighted by molar-refractivity contribution is 0.0953. The number of amides is 1. The quantitative estimate of drug-likeness (QED) is 0.904. The molecule has 0 bridgehead atoms. The van der Waals surface area contributed by atoms with Gasteiger partial charge in [-0.1, -0.05) is 19.4 Å². The van der Waals surface area contributed by atoms with E-state index in [1.807, 2.05) is 6.92 Å². The van der Waals surface area contributed by atoms with Gasteiger partial charge in [-0.2, -0.15) is 4.31 Å². The Morgan fingerprint density at radius 3 is 2.55 bits per heavy atom. The second kappa shape index (κ2) is 7.24. The van der Waals surface area contributed by atoms with Gasteiger partial charge in [-0.25, -0.2) is 8.42 Å². The second-order valence-electron chi connectivity index (χ2n) is 5.70. The molecule has 0 atom stereocenters. The van der Waals surface area contributed by atoms with E-state index in [9.17, 15) is 13.2 Å². The summed E-state index contributed by atoms with van der Waals surface area (Å²) in [6, 6.07) is 4.89. The molecule has 5 nitrogen and oxygen atoms in total. The van der Waals surface area contributed by atoms with E-state index in [-0.39, 0.29) is 10.8 Å². The maximum Gasteiger partial charge on any atom is 0.251 e. The molecule has 1 heterocycles. The van der Waals surface area contributed by atoms with Crippen LogP contribution >= 0.6 is 0 Å². The van der Waals surface area contributed by atoms with Crippen molar-refractivity contribution < 1.29 is 13.2 Å². The molecule has 0 aromatic heterocycles. The fourth-order valence-corrected chi connectivity index (χ4v) is 4.37. The predicted molar refractivity (Wildman–Crippen MR) is 86.4 cm³/mol. The third kappa shape index (κ3) is 3.67. The third-order valence-corrected chi connectivity index (χ3v) is 5.96. The highest BCUT2D eigenvalue weighted by molar-refractivity contribution is 7.89. The number of hydrogen-bond acceptors (Lipinski definition) is 3. The third-order valence-electron chi connectivity index (χ3n) is 3.92. The zero-order chi connectivity index (χ0) is 16.2. The summed E-state index contributed by atoms with van der Waals surface area (Å²) in [5.74, 6) is -0.225. The van der Waals surface area contributed by atoms with Crippen LogP contribution in [0.15, 0.2) is 23.1 Å². The second-order valence-corrected chi connectivity index (χ2v) is 7.61. The average molecular weight is 324 g/mol. The van der Waals surface area contributed by atoms with E-state index in [4.69, 9.17) is 0 Å². The number of nitrogens with zero attached hydrogens (tertiary/aromatic N) is 1. The molecular formula is C16H24N2O3S. The Kier molecular flexibility index (Phi) is 5.58. The van der Waals surface area contributed by atoms with Crippen LogP contribution in [0.1, 0.15) is 48.5 Å². The van der Waals surface area contributed by atoms with E-state index in [1.165, 1.54) is 10.4 Å². The fraction of sp³-hybridized carbons (Fsp3) is 0.562. The van der Waals surface area contributed by atoms with Crippen molar-refractivity contribution in [1.82, 2.24) is 9.62 Å². The van der Waals surface area contributed by atoms with Crippen LogP contribution < -0.4 is 5.32 Å². The van der Waals surface area contributed by atoms with Crippen molar-refractivity contribution in [2.45, 2.75) is 44.4 Å². The Bertz CT molecular complexity index is 635. The van der Waals surface area contributed by atoms with Gasteiger partial charge in [0.05, 0.1) is 4.90 Å². The highest BCUT2D eigenvalue weighted by Gasteiger charge is 2.28. The first-order valence-corrected chi connectivity index (χ1v) is 9.30. The van der Waals surface area contributed by atoms with Crippen molar-refractivity contribution in [2.24, 2.45) is 0 Å². The summed E-state index contributed by atoms with van der Waals surface area (Å²) >= 11 is 0. The van der Waals surface area contributed by atoms with Gasteiger partial charge in [-0.3, -0.25) is 4.79 Å². The van der Waals surface area contributed by atoms with Gasteiger partial charge in [-0.15, -0.1) is 0 Å². The highest BCUT2D eigenvalue weighted by atomic mass is 32.2. The molecule has 0 spiro atoms. The summed E-state index contributed by atoms with van der Waals surface area (Å²) in [5, 5.41) is 2.78. The number of carbonyl (C=O) groups is 1. The molecule has 1 amide bonds. The molecule has 0 unspecified atom stereocenters. The van der Waals surface area contributed by atoms with Gasteiger partial charge in [0.25, 0.3) is 5.91 Å². The van der Waals surface area contributed by atoms with E-state index < -0.39 is 10.0 Å². The van der Waals surface area contributed by atoms with Crippen LogP contribution in [0.25, 0.3) is 0 Å². The number of carbonyl (C=O) groups excluding carboxylic acids is 1. The number of benzene rings is 1. The monoisotopic (exact) mass is 324 g/mol. The Labute approximate surface area is 132 Å². The summed E-state index contributed by atoms with van der Waals surface area (Å²) in [5.41, 5.74) is 1.08. The van der Waals surface area contributed by atoms with Gasteiger partial charge < -0.3 is 5.32 Å². The zero-order valence-electron chi connectivity index (χ0n) is 13.3. The van der Waals surface area contributed by atoms with Gasteiger partial charge >= 0.3 is 0 Å². The van der Waals surface area contributed by atoms with Gasteiger partial charge in [0.15, 0.2) is 0 Å². The van der Waals surface area contributed by atoms with Gasteiger partial charge in [0.1, 0.15) is 0 Å². The first-order valence-electron chi connectivity index (χ1n) is 7.86. The maximum absolute atomic E-state index is 12.8. The van der Waals surface area contributed by atoms with E-state index in [0.29, 0.717) is 30.8 Å². The fourth-order valence-electron chi connectivity index (χ4n) is 2.60. The van der Waals surface area contributed by atoms with Crippen molar-refractivity contribution in [3.63, 3.8) is 0 Å². The van der Waals surface area contributed by atoms with Crippen LogP contribution in [0.3, 0.4) is 0 Å². The number of aryl methyl sites for hydroxylation is 1. The molecule has 122 valence electrons. The summed E-state index contributed by atoms with van der Waals surface area (Å²) in [6.45, 7) is 5.45. The summed E-state index contributed by atoms with van der Waals surface area (Å²) in [4.78, 5) is 12.3. The lowest BCUT2D eigenvalue weighted by Crippen LogP contribution is -2.36. The Morgan fingerprint density at radius 2 is 1.91 bits per heavy atom. The number of nitrogens with one attached hydrogen (secondary N) is 1. The van der Waals surface area contributed by atoms with Crippen molar-refractivity contribution in [3.05, 3.63) is 29.3 Å². The number of piperidine rings is 1. The van der Waals surface area contributed by atoms with Crippen LogP contribution in [0, 0.1) is 6.92 Å². The molecule has 2 rings (SSSR count). The average Bonchev–Trinajstić information content (AvgIpc) is 2.53. The smallest absolute Gasteiger partial charge is 0.251 e. The predicted octanol–water partition coefficient (Wildman–Crippen LogP) is 2.31.